The first-order valence-electron chi connectivity index (χ1n) is 7.79. The number of benzene rings is 1. The maximum absolute atomic E-state index is 12.3. The van der Waals surface area contributed by atoms with Gasteiger partial charge in [-0.15, -0.1) is 0 Å². The van der Waals surface area contributed by atoms with Gasteiger partial charge >= 0.3 is 6.03 Å². The molecule has 1 aliphatic carbocycles. The van der Waals surface area contributed by atoms with Gasteiger partial charge in [-0.2, -0.15) is 0 Å². The second-order valence-electron chi connectivity index (χ2n) is 5.98. The van der Waals surface area contributed by atoms with Crippen molar-refractivity contribution >= 4 is 17.0 Å². The summed E-state index contributed by atoms with van der Waals surface area (Å²) >= 11 is 0. The smallest absolute Gasteiger partial charge is 0.317 e. The van der Waals surface area contributed by atoms with Crippen LogP contribution >= 0.6 is 0 Å². The lowest BCUT2D eigenvalue weighted by Gasteiger charge is -2.33. The molecule has 2 fully saturated rings. The van der Waals surface area contributed by atoms with Crippen LogP contribution < -0.4 is 5.32 Å². The Morgan fingerprint density at radius 1 is 1.36 bits per heavy atom. The molecule has 0 radical (unpaired) electrons. The van der Waals surface area contributed by atoms with Gasteiger partial charge in [-0.3, -0.25) is 0 Å². The average Bonchev–Trinajstić information content (AvgIpc) is 3.34. The number of fused-ring (bicyclic) bond motifs is 1. The standard InChI is InChI=1S/C16H19N3O3/c20-16(19-7-8-21-15(10-19)11-5-6-11)17-9-13-12-3-1-2-4-14(12)22-18-13/h1-4,11,15H,5-10H2,(H,17,20). The zero-order valence-electron chi connectivity index (χ0n) is 12.3. The molecular weight excluding hydrogens is 282 g/mol. The highest BCUT2D eigenvalue weighted by Gasteiger charge is 2.36. The largest absolute Gasteiger partial charge is 0.374 e. The molecule has 1 aromatic carbocycles. The fourth-order valence-corrected chi connectivity index (χ4v) is 2.95. The SMILES string of the molecule is O=C(NCc1noc2ccccc12)N1CCOC(C2CC2)C1. The summed E-state index contributed by atoms with van der Waals surface area (Å²) < 4.78 is 11.0. The molecule has 6 nitrogen and oxygen atoms in total. The van der Waals surface area contributed by atoms with E-state index in [1.165, 1.54) is 12.8 Å². The van der Waals surface area contributed by atoms with Crippen molar-refractivity contribution in [2.24, 2.45) is 5.92 Å². The molecule has 4 rings (SSSR count). The van der Waals surface area contributed by atoms with Crippen LogP contribution in [0.15, 0.2) is 28.8 Å². The second kappa shape index (κ2) is 5.61. The number of aromatic nitrogens is 1. The molecule has 1 N–H and O–H groups in total. The van der Waals surface area contributed by atoms with E-state index >= 15 is 0 Å². The minimum Gasteiger partial charge on any atom is -0.374 e. The van der Waals surface area contributed by atoms with Gasteiger partial charge in [-0.25, -0.2) is 4.79 Å². The van der Waals surface area contributed by atoms with Gasteiger partial charge in [0.05, 0.1) is 19.3 Å². The summed E-state index contributed by atoms with van der Waals surface area (Å²) in [7, 11) is 0. The average molecular weight is 301 g/mol. The Kier molecular flexibility index (Phi) is 3.46. The predicted molar refractivity (Wildman–Crippen MR) is 80.3 cm³/mol. The quantitative estimate of drug-likeness (QED) is 0.943. The Balaban J connectivity index is 1.37. The molecule has 6 heteroatoms. The van der Waals surface area contributed by atoms with E-state index in [4.69, 9.17) is 9.26 Å². The van der Waals surface area contributed by atoms with E-state index in [9.17, 15) is 4.79 Å². The Hall–Kier alpha value is -2.08. The number of hydrogen-bond donors (Lipinski definition) is 1. The number of rotatable bonds is 3. The predicted octanol–water partition coefficient (Wildman–Crippen LogP) is 2.15. The zero-order chi connectivity index (χ0) is 14.9. The van der Waals surface area contributed by atoms with Crippen LogP contribution in [0.2, 0.25) is 0 Å². The highest BCUT2D eigenvalue weighted by molar-refractivity contribution is 5.80. The first kappa shape index (κ1) is 13.6. The summed E-state index contributed by atoms with van der Waals surface area (Å²) in [5.41, 5.74) is 1.50. The van der Waals surface area contributed by atoms with E-state index in [1.54, 1.807) is 0 Å². The Bertz CT molecular complexity index is 680. The van der Waals surface area contributed by atoms with Gasteiger partial charge in [0.25, 0.3) is 0 Å². The van der Waals surface area contributed by atoms with Gasteiger partial charge in [-0.05, 0) is 30.9 Å². The van der Waals surface area contributed by atoms with Crippen molar-refractivity contribution in [2.45, 2.75) is 25.5 Å². The van der Waals surface area contributed by atoms with Crippen LogP contribution in [-0.4, -0.2) is 41.9 Å². The summed E-state index contributed by atoms with van der Waals surface area (Å²) in [5, 5.41) is 7.91. The van der Waals surface area contributed by atoms with E-state index < -0.39 is 0 Å². The summed E-state index contributed by atoms with van der Waals surface area (Å²) in [6.45, 7) is 2.34. The zero-order valence-corrected chi connectivity index (χ0v) is 12.3. The van der Waals surface area contributed by atoms with Crippen LogP contribution in [0, 0.1) is 5.92 Å². The molecule has 22 heavy (non-hydrogen) atoms. The minimum atomic E-state index is -0.0546. The number of morpholine rings is 1. The first-order chi connectivity index (χ1) is 10.8. The van der Waals surface area contributed by atoms with Crippen molar-refractivity contribution in [1.82, 2.24) is 15.4 Å². The third-order valence-corrected chi connectivity index (χ3v) is 4.39. The van der Waals surface area contributed by atoms with Crippen LogP contribution in [0.25, 0.3) is 11.0 Å². The van der Waals surface area contributed by atoms with E-state index in [0.717, 1.165) is 16.7 Å². The number of amides is 2. The molecule has 2 heterocycles. The number of para-hydroxylation sites is 1. The fourth-order valence-electron chi connectivity index (χ4n) is 2.95. The second-order valence-corrected chi connectivity index (χ2v) is 5.98. The molecule has 1 saturated heterocycles. The van der Waals surface area contributed by atoms with Gasteiger partial charge in [0.15, 0.2) is 5.58 Å². The molecule has 116 valence electrons. The molecule has 0 bridgehead atoms. The van der Waals surface area contributed by atoms with Gasteiger partial charge in [0, 0.05) is 18.5 Å². The molecule has 1 saturated carbocycles. The van der Waals surface area contributed by atoms with Crippen LogP contribution in [-0.2, 0) is 11.3 Å². The number of carbonyl (C=O) groups excluding carboxylic acids is 1. The summed E-state index contributed by atoms with van der Waals surface area (Å²) in [6, 6.07) is 7.61. The van der Waals surface area contributed by atoms with Crippen molar-refractivity contribution in [3.63, 3.8) is 0 Å². The third kappa shape index (κ3) is 2.66. The normalized spacial score (nSPS) is 22.0. The summed E-state index contributed by atoms with van der Waals surface area (Å²) in [6.07, 6.45) is 2.67. The van der Waals surface area contributed by atoms with Gasteiger partial charge < -0.3 is 19.5 Å². The molecule has 1 atom stereocenters. The van der Waals surface area contributed by atoms with Crippen LogP contribution in [0.3, 0.4) is 0 Å². The van der Waals surface area contributed by atoms with Crippen LogP contribution in [0.5, 0.6) is 0 Å². The third-order valence-electron chi connectivity index (χ3n) is 4.39. The van der Waals surface area contributed by atoms with Gasteiger partial charge in [0.2, 0.25) is 0 Å². The molecule has 2 amide bonds. The molecule has 1 unspecified atom stereocenters. The number of nitrogens with zero attached hydrogens (tertiary/aromatic N) is 2. The van der Waals surface area contributed by atoms with E-state index in [0.29, 0.717) is 32.2 Å². The Labute approximate surface area is 128 Å². The van der Waals surface area contributed by atoms with Crippen molar-refractivity contribution in [2.75, 3.05) is 19.7 Å². The van der Waals surface area contributed by atoms with Gasteiger partial charge in [0.1, 0.15) is 5.69 Å². The molecule has 1 aliphatic heterocycles. The minimum absolute atomic E-state index is 0.0546. The van der Waals surface area contributed by atoms with Gasteiger partial charge in [-0.1, -0.05) is 17.3 Å². The van der Waals surface area contributed by atoms with Crippen molar-refractivity contribution in [1.29, 1.82) is 0 Å². The van der Waals surface area contributed by atoms with Crippen LogP contribution in [0.4, 0.5) is 4.79 Å². The lowest BCUT2D eigenvalue weighted by molar-refractivity contribution is -0.0252. The van der Waals surface area contributed by atoms with E-state index in [-0.39, 0.29) is 12.1 Å². The molecule has 2 aromatic rings. The molecule has 2 aliphatic rings. The Morgan fingerprint density at radius 2 is 2.23 bits per heavy atom. The maximum Gasteiger partial charge on any atom is 0.317 e. The highest BCUT2D eigenvalue weighted by atomic mass is 16.5. The lowest BCUT2D eigenvalue weighted by Crippen LogP contribution is -2.50. The van der Waals surface area contributed by atoms with Crippen LogP contribution in [0.1, 0.15) is 18.5 Å². The fraction of sp³-hybridized carbons (Fsp3) is 0.500. The highest BCUT2D eigenvalue weighted by Crippen LogP contribution is 2.35. The van der Waals surface area contributed by atoms with E-state index in [2.05, 4.69) is 10.5 Å². The number of urea groups is 1. The summed E-state index contributed by atoms with van der Waals surface area (Å²) in [5.74, 6) is 0.648. The lowest BCUT2D eigenvalue weighted by atomic mass is 10.2. The number of hydrogen-bond acceptors (Lipinski definition) is 4. The monoisotopic (exact) mass is 301 g/mol. The topological polar surface area (TPSA) is 67.6 Å². The van der Waals surface area contributed by atoms with Crippen molar-refractivity contribution in [3.05, 3.63) is 30.0 Å². The van der Waals surface area contributed by atoms with Crippen molar-refractivity contribution in [3.8, 4) is 0 Å². The molecule has 1 aromatic heterocycles. The molecule has 0 spiro atoms. The van der Waals surface area contributed by atoms with Crippen molar-refractivity contribution < 1.29 is 14.1 Å². The first-order valence-corrected chi connectivity index (χ1v) is 7.79. The summed E-state index contributed by atoms with van der Waals surface area (Å²) in [4.78, 5) is 14.2. The van der Waals surface area contributed by atoms with E-state index in [1.807, 2.05) is 29.2 Å². The number of nitrogens with one attached hydrogen (secondary N) is 1. The Morgan fingerprint density at radius 3 is 3.09 bits per heavy atom. The number of ether oxygens (including phenoxy) is 1. The molecular formula is C16H19N3O3. The number of carbonyl (C=O) groups is 1. The maximum atomic E-state index is 12.3.